The van der Waals surface area contributed by atoms with Crippen molar-refractivity contribution in [3.8, 4) is 5.75 Å². The molecule has 8 heteroatoms. The van der Waals surface area contributed by atoms with Crippen LogP contribution in [0, 0.1) is 0 Å². The Hall–Kier alpha value is -3.62. The maximum Gasteiger partial charge on any atom is 0.206 e. The summed E-state index contributed by atoms with van der Waals surface area (Å²) < 4.78 is 57.7. The monoisotopic (exact) mass is 549 g/mol. The van der Waals surface area contributed by atoms with E-state index in [0.717, 1.165) is 5.56 Å². The Morgan fingerprint density at radius 2 is 0.868 bits per heavy atom. The Morgan fingerprint density at radius 3 is 1.21 bits per heavy atom. The molecular formula is C30H31NO5S2. The van der Waals surface area contributed by atoms with Crippen molar-refractivity contribution in [2.75, 3.05) is 5.32 Å². The minimum absolute atomic E-state index is 0.0000585. The summed E-state index contributed by atoms with van der Waals surface area (Å²) in [6.45, 7) is 7.93. The molecule has 0 aliphatic rings. The van der Waals surface area contributed by atoms with Crippen LogP contribution in [0.4, 0.5) is 11.4 Å². The van der Waals surface area contributed by atoms with E-state index in [1.807, 2.05) is 26.0 Å². The van der Waals surface area contributed by atoms with Crippen molar-refractivity contribution >= 4 is 31.0 Å². The molecule has 0 saturated carbocycles. The van der Waals surface area contributed by atoms with Gasteiger partial charge < -0.3 is 10.1 Å². The highest BCUT2D eigenvalue weighted by atomic mass is 32.2. The topological polar surface area (TPSA) is 89.5 Å². The number of hydrogen-bond acceptors (Lipinski definition) is 6. The molecule has 0 aromatic heterocycles. The first kappa shape index (κ1) is 27.4. The summed E-state index contributed by atoms with van der Waals surface area (Å²) in [5.74, 6) is 0.934. The Kier molecular flexibility index (Phi) is 7.94. The van der Waals surface area contributed by atoms with Crippen molar-refractivity contribution in [3.63, 3.8) is 0 Å². The Morgan fingerprint density at radius 1 is 0.526 bits per heavy atom. The van der Waals surface area contributed by atoms with Crippen LogP contribution in [0.3, 0.4) is 0 Å². The predicted molar refractivity (Wildman–Crippen MR) is 150 cm³/mol. The zero-order valence-electron chi connectivity index (χ0n) is 21.8. The third-order valence-electron chi connectivity index (χ3n) is 5.98. The van der Waals surface area contributed by atoms with Crippen molar-refractivity contribution < 1.29 is 21.6 Å². The standard InChI is InChI=1S/C30H31NO5S2/c1-21(2)23-5-13-27(14-6-23)37(32,33)28-15-7-24(8-16-28)31-25-9-17-29(18-10-25)38(34,35)30-19-11-26(12-20-30)36-22(3)4/h5-22,31H,1-4H3. The van der Waals surface area contributed by atoms with Crippen LogP contribution in [0.25, 0.3) is 0 Å². The van der Waals surface area contributed by atoms with Gasteiger partial charge in [-0.2, -0.15) is 0 Å². The van der Waals surface area contributed by atoms with Crippen LogP contribution in [0.5, 0.6) is 5.75 Å². The molecule has 0 aliphatic heterocycles. The summed E-state index contributed by atoms with van der Waals surface area (Å²) in [6, 6.07) is 26.2. The van der Waals surface area contributed by atoms with Gasteiger partial charge in [-0.05, 0) is 110 Å². The average molecular weight is 550 g/mol. The predicted octanol–water partition coefficient (Wildman–Crippen LogP) is 7.01. The Labute approximate surface area is 225 Å². The minimum Gasteiger partial charge on any atom is -0.491 e. The molecule has 38 heavy (non-hydrogen) atoms. The van der Waals surface area contributed by atoms with Gasteiger partial charge in [0.1, 0.15) is 5.75 Å². The van der Waals surface area contributed by atoms with Gasteiger partial charge in [0, 0.05) is 11.4 Å². The summed E-state index contributed by atoms with van der Waals surface area (Å²) in [4.78, 5) is 0.809. The lowest BCUT2D eigenvalue weighted by Crippen LogP contribution is -2.06. The molecule has 4 aromatic carbocycles. The van der Waals surface area contributed by atoms with E-state index >= 15 is 0 Å². The number of hydrogen-bond donors (Lipinski definition) is 1. The van der Waals surface area contributed by atoms with Gasteiger partial charge >= 0.3 is 0 Å². The molecule has 0 radical (unpaired) electrons. The largest absolute Gasteiger partial charge is 0.491 e. The molecule has 0 saturated heterocycles. The van der Waals surface area contributed by atoms with Crippen LogP contribution in [0.15, 0.2) is 117 Å². The smallest absolute Gasteiger partial charge is 0.206 e. The van der Waals surface area contributed by atoms with Gasteiger partial charge in [0.15, 0.2) is 0 Å². The fourth-order valence-corrected chi connectivity index (χ4v) is 6.40. The molecule has 6 nitrogen and oxygen atoms in total. The number of anilines is 2. The van der Waals surface area contributed by atoms with Crippen molar-refractivity contribution in [3.05, 3.63) is 103 Å². The summed E-state index contributed by atoms with van der Waals surface area (Å²) >= 11 is 0. The molecule has 0 amide bonds. The van der Waals surface area contributed by atoms with E-state index in [2.05, 4.69) is 19.2 Å². The molecule has 198 valence electrons. The van der Waals surface area contributed by atoms with Gasteiger partial charge in [0.2, 0.25) is 19.7 Å². The van der Waals surface area contributed by atoms with E-state index in [9.17, 15) is 16.8 Å². The molecule has 0 unspecified atom stereocenters. The van der Waals surface area contributed by atoms with Gasteiger partial charge in [-0.1, -0.05) is 26.0 Å². The number of nitrogens with one attached hydrogen (secondary N) is 1. The Balaban J connectivity index is 1.46. The highest BCUT2D eigenvalue weighted by Gasteiger charge is 2.19. The maximum absolute atomic E-state index is 13.0. The highest BCUT2D eigenvalue weighted by Crippen LogP contribution is 2.28. The summed E-state index contributed by atoms with van der Waals surface area (Å²) in [6.07, 6.45) is 0.0000585. The molecule has 0 atom stereocenters. The summed E-state index contributed by atoms with van der Waals surface area (Å²) in [5.41, 5.74) is 2.43. The second kappa shape index (κ2) is 11.0. The lowest BCUT2D eigenvalue weighted by atomic mass is 10.0. The van der Waals surface area contributed by atoms with Crippen molar-refractivity contribution in [1.29, 1.82) is 0 Å². The van der Waals surface area contributed by atoms with Crippen LogP contribution in [-0.4, -0.2) is 22.9 Å². The van der Waals surface area contributed by atoms with E-state index in [4.69, 9.17) is 4.74 Å². The number of rotatable bonds is 9. The van der Waals surface area contributed by atoms with Crippen molar-refractivity contribution in [1.82, 2.24) is 0 Å². The third-order valence-corrected chi connectivity index (χ3v) is 9.55. The highest BCUT2D eigenvalue weighted by molar-refractivity contribution is 7.91. The van der Waals surface area contributed by atoms with Gasteiger partial charge in [-0.25, -0.2) is 16.8 Å². The van der Waals surface area contributed by atoms with Gasteiger partial charge in [-0.15, -0.1) is 0 Å². The lowest BCUT2D eigenvalue weighted by Gasteiger charge is -2.11. The second-order valence-electron chi connectivity index (χ2n) is 9.54. The van der Waals surface area contributed by atoms with Crippen LogP contribution < -0.4 is 10.1 Å². The van der Waals surface area contributed by atoms with Crippen LogP contribution in [0.2, 0.25) is 0 Å². The zero-order valence-corrected chi connectivity index (χ0v) is 23.4. The fourth-order valence-electron chi connectivity index (χ4n) is 3.88. The molecule has 4 aromatic rings. The minimum atomic E-state index is -3.68. The first-order chi connectivity index (χ1) is 18.0. The number of ether oxygens (including phenoxy) is 1. The third kappa shape index (κ3) is 6.09. The molecule has 4 rings (SSSR count). The van der Waals surface area contributed by atoms with Gasteiger partial charge in [-0.3, -0.25) is 0 Å². The SMILES string of the molecule is CC(C)Oc1ccc(S(=O)(=O)c2ccc(Nc3ccc(S(=O)(=O)c4ccc(C(C)C)cc4)cc3)cc2)cc1. The Bertz CT molecular complexity index is 1590. The molecule has 0 aliphatic carbocycles. The second-order valence-corrected chi connectivity index (χ2v) is 13.4. The molecule has 0 heterocycles. The van der Waals surface area contributed by atoms with Crippen molar-refractivity contribution in [2.24, 2.45) is 0 Å². The van der Waals surface area contributed by atoms with E-state index in [-0.39, 0.29) is 25.7 Å². The van der Waals surface area contributed by atoms with Gasteiger partial charge in [0.05, 0.1) is 25.7 Å². The zero-order chi connectivity index (χ0) is 27.5. The van der Waals surface area contributed by atoms with Crippen LogP contribution in [0.1, 0.15) is 39.2 Å². The van der Waals surface area contributed by atoms with E-state index < -0.39 is 19.7 Å². The molecule has 0 fully saturated rings. The molecule has 1 N–H and O–H groups in total. The van der Waals surface area contributed by atoms with E-state index in [0.29, 0.717) is 23.0 Å². The number of benzene rings is 4. The van der Waals surface area contributed by atoms with E-state index in [1.54, 1.807) is 60.7 Å². The normalized spacial score (nSPS) is 12.1. The fraction of sp³-hybridized carbons (Fsp3) is 0.200. The lowest BCUT2D eigenvalue weighted by molar-refractivity contribution is 0.242. The average Bonchev–Trinajstić information content (AvgIpc) is 2.89. The van der Waals surface area contributed by atoms with E-state index in [1.165, 1.54) is 24.3 Å². The number of sulfone groups is 2. The van der Waals surface area contributed by atoms with Crippen LogP contribution in [-0.2, 0) is 19.7 Å². The molecule has 0 bridgehead atoms. The van der Waals surface area contributed by atoms with Crippen LogP contribution >= 0.6 is 0 Å². The summed E-state index contributed by atoms with van der Waals surface area (Å²) in [7, 11) is -7.31. The maximum atomic E-state index is 13.0. The quantitative estimate of drug-likeness (QED) is 0.242. The van der Waals surface area contributed by atoms with Gasteiger partial charge in [0.25, 0.3) is 0 Å². The molecule has 0 spiro atoms. The summed E-state index contributed by atoms with van der Waals surface area (Å²) in [5, 5.41) is 3.18. The first-order valence-corrected chi connectivity index (χ1v) is 15.3. The van der Waals surface area contributed by atoms with Crippen molar-refractivity contribution in [2.45, 2.75) is 59.3 Å². The molecular weight excluding hydrogens is 518 g/mol. The first-order valence-electron chi connectivity index (χ1n) is 12.3.